The number of rotatable bonds is 4. The molecular formula is C10H14N4O2. The molecule has 6 nitrogen and oxygen atoms in total. The highest BCUT2D eigenvalue weighted by molar-refractivity contribution is 5.90. The topological polar surface area (TPSA) is 76.1 Å². The van der Waals surface area contributed by atoms with E-state index >= 15 is 0 Å². The number of anilines is 1. The number of hydrogen-bond donors (Lipinski definition) is 2. The van der Waals surface area contributed by atoms with E-state index in [0.29, 0.717) is 5.82 Å². The quantitative estimate of drug-likeness (QED) is 0.737. The summed E-state index contributed by atoms with van der Waals surface area (Å²) < 4.78 is 5.48. The van der Waals surface area contributed by atoms with Crippen LogP contribution in [-0.2, 0) is 9.53 Å². The number of carbonyl (C=O) groups is 1. The minimum absolute atomic E-state index is 0.0365. The Morgan fingerprint density at radius 3 is 3.06 bits per heavy atom. The fourth-order valence-corrected chi connectivity index (χ4v) is 1.37. The van der Waals surface area contributed by atoms with Crippen LogP contribution in [0.3, 0.4) is 0 Å². The number of nitrogens with one attached hydrogen (secondary N) is 2. The lowest BCUT2D eigenvalue weighted by molar-refractivity contribution is -0.130. The molecule has 2 rings (SSSR count). The lowest BCUT2D eigenvalue weighted by Gasteiger charge is -2.38. The zero-order chi connectivity index (χ0) is 11.4. The van der Waals surface area contributed by atoms with E-state index < -0.39 is 0 Å². The fraction of sp³-hybridized carbons (Fsp3) is 0.500. The summed E-state index contributed by atoms with van der Waals surface area (Å²) in [6.07, 6.45) is 1.55. The highest BCUT2D eigenvalue weighted by Crippen LogP contribution is 2.14. The molecule has 1 aliphatic rings. The Morgan fingerprint density at radius 2 is 2.50 bits per heavy atom. The molecule has 0 aromatic carbocycles. The SMILES string of the molecule is CC1(OCC(=O)Nc2cccnn2)CNC1. The molecule has 86 valence electrons. The molecule has 2 heterocycles. The van der Waals surface area contributed by atoms with Gasteiger partial charge in [-0.3, -0.25) is 4.79 Å². The van der Waals surface area contributed by atoms with Crippen molar-refractivity contribution in [3.05, 3.63) is 18.3 Å². The molecule has 0 unspecified atom stereocenters. The van der Waals surface area contributed by atoms with Gasteiger partial charge in [0.15, 0.2) is 5.82 Å². The maximum atomic E-state index is 11.5. The van der Waals surface area contributed by atoms with Gasteiger partial charge in [0.25, 0.3) is 5.91 Å². The van der Waals surface area contributed by atoms with Crippen molar-refractivity contribution < 1.29 is 9.53 Å². The van der Waals surface area contributed by atoms with Gasteiger partial charge in [-0.1, -0.05) is 0 Å². The van der Waals surface area contributed by atoms with Gasteiger partial charge >= 0.3 is 0 Å². The molecular weight excluding hydrogens is 208 g/mol. The van der Waals surface area contributed by atoms with Crippen molar-refractivity contribution in [2.24, 2.45) is 0 Å². The second-order valence-corrected chi connectivity index (χ2v) is 4.00. The van der Waals surface area contributed by atoms with Gasteiger partial charge in [-0.2, -0.15) is 5.10 Å². The van der Waals surface area contributed by atoms with E-state index in [9.17, 15) is 4.79 Å². The molecule has 0 saturated carbocycles. The lowest BCUT2D eigenvalue weighted by Crippen LogP contribution is -2.59. The van der Waals surface area contributed by atoms with Crippen LogP contribution in [0.25, 0.3) is 0 Å². The summed E-state index contributed by atoms with van der Waals surface area (Å²) in [5, 5.41) is 13.1. The normalized spacial score (nSPS) is 17.6. The first-order valence-electron chi connectivity index (χ1n) is 5.10. The van der Waals surface area contributed by atoms with Crippen molar-refractivity contribution >= 4 is 11.7 Å². The van der Waals surface area contributed by atoms with E-state index in [1.165, 1.54) is 0 Å². The van der Waals surface area contributed by atoms with Crippen LogP contribution in [0.1, 0.15) is 6.92 Å². The molecule has 1 aromatic heterocycles. The van der Waals surface area contributed by atoms with E-state index in [2.05, 4.69) is 20.8 Å². The van der Waals surface area contributed by atoms with Crippen molar-refractivity contribution in [3.63, 3.8) is 0 Å². The molecule has 0 bridgehead atoms. The van der Waals surface area contributed by atoms with E-state index in [1.54, 1.807) is 18.3 Å². The number of amides is 1. The van der Waals surface area contributed by atoms with Crippen molar-refractivity contribution in [2.45, 2.75) is 12.5 Å². The Labute approximate surface area is 93.4 Å². The first-order chi connectivity index (χ1) is 7.68. The van der Waals surface area contributed by atoms with Crippen LogP contribution in [0, 0.1) is 0 Å². The third-order valence-corrected chi connectivity index (χ3v) is 2.39. The van der Waals surface area contributed by atoms with Crippen molar-refractivity contribution in [3.8, 4) is 0 Å². The second-order valence-electron chi connectivity index (χ2n) is 4.00. The molecule has 16 heavy (non-hydrogen) atoms. The van der Waals surface area contributed by atoms with Crippen LogP contribution in [0.15, 0.2) is 18.3 Å². The van der Waals surface area contributed by atoms with Gasteiger partial charge in [0.05, 0.1) is 5.60 Å². The molecule has 2 N–H and O–H groups in total. The first kappa shape index (κ1) is 11.0. The van der Waals surface area contributed by atoms with Crippen LogP contribution in [0.4, 0.5) is 5.82 Å². The van der Waals surface area contributed by atoms with E-state index in [4.69, 9.17) is 4.74 Å². The van der Waals surface area contributed by atoms with Crippen LogP contribution in [0.5, 0.6) is 0 Å². The molecule has 1 aliphatic heterocycles. The summed E-state index contributed by atoms with van der Waals surface area (Å²) in [4.78, 5) is 11.5. The predicted molar refractivity (Wildman–Crippen MR) is 57.9 cm³/mol. The smallest absolute Gasteiger partial charge is 0.251 e. The highest BCUT2D eigenvalue weighted by atomic mass is 16.5. The number of aromatic nitrogens is 2. The Bertz CT molecular complexity index is 364. The molecule has 0 atom stereocenters. The average Bonchev–Trinajstić information content (AvgIpc) is 2.25. The lowest BCUT2D eigenvalue weighted by atomic mass is 10.0. The number of carbonyl (C=O) groups excluding carboxylic acids is 1. The average molecular weight is 222 g/mol. The zero-order valence-electron chi connectivity index (χ0n) is 9.06. The molecule has 6 heteroatoms. The van der Waals surface area contributed by atoms with Gasteiger partial charge in [-0.25, -0.2) is 0 Å². The molecule has 1 amide bonds. The Balaban J connectivity index is 1.76. The summed E-state index contributed by atoms with van der Waals surface area (Å²) in [6, 6.07) is 3.39. The van der Waals surface area contributed by atoms with Gasteiger partial charge in [0.2, 0.25) is 0 Å². The summed E-state index contributed by atoms with van der Waals surface area (Å²) in [5.74, 6) is 0.224. The Kier molecular flexibility index (Phi) is 3.12. The summed E-state index contributed by atoms with van der Waals surface area (Å²) >= 11 is 0. The Morgan fingerprint density at radius 1 is 1.69 bits per heavy atom. The van der Waals surface area contributed by atoms with Gasteiger partial charge in [-0.15, -0.1) is 5.10 Å². The molecule has 0 aliphatic carbocycles. The van der Waals surface area contributed by atoms with Gasteiger partial charge < -0.3 is 15.4 Å². The number of hydrogen-bond acceptors (Lipinski definition) is 5. The van der Waals surface area contributed by atoms with Gasteiger partial charge in [0.1, 0.15) is 6.61 Å². The molecule has 1 saturated heterocycles. The van der Waals surface area contributed by atoms with Crippen LogP contribution < -0.4 is 10.6 Å². The monoisotopic (exact) mass is 222 g/mol. The highest BCUT2D eigenvalue weighted by Gasteiger charge is 2.32. The maximum Gasteiger partial charge on any atom is 0.251 e. The van der Waals surface area contributed by atoms with Crippen LogP contribution >= 0.6 is 0 Å². The van der Waals surface area contributed by atoms with E-state index in [0.717, 1.165) is 13.1 Å². The maximum absolute atomic E-state index is 11.5. The summed E-state index contributed by atoms with van der Waals surface area (Å²) in [7, 11) is 0. The van der Waals surface area contributed by atoms with Crippen LogP contribution in [0.2, 0.25) is 0 Å². The first-order valence-corrected chi connectivity index (χ1v) is 5.10. The summed E-state index contributed by atoms with van der Waals surface area (Å²) in [6.45, 7) is 3.57. The molecule has 0 spiro atoms. The molecule has 1 aromatic rings. The zero-order valence-corrected chi connectivity index (χ0v) is 9.06. The van der Waals surface area contributed by atoms with E-state index in [1.807, 2.05) is 6.92 Å². The molecule has 1 fully saturated rings. The standard InChI is InChI=1S/C10H14N4O2/c1-10(6-11-7-10)16-5-9(15)13-8-3-2-4-12-14-8/h2-4,11H,5-7H2,1H3,(H,13,14,15). The van der Waals surface area contributed by atoms with Gasteiger partial charge in [-0.05, 0) is 19.1 Å². The summed E-state index contributed by atoms with van der Waals surface area (Å²) in [5.41, 5.74) is -0.209. The third-order valence-electron chi connectivity index (χ3n) is 2.39. The second kappa shape index (κ2) is 4.54. The largest absolute Gasteiger partial charge is 0.363 e. The fourth-order valence-electron chi connectivity index (χ4n) is 1.37. The third kappa shape index (κ3) is 2.74. The number of ether oxygens (including phenoxy) is 1. The molecule has 0 radical (unpaired) electrons. The van der Waals surface area contributed by atoms with Crippen molar-refractivity contribution in [1.82, 2.24) is 15.5 Å². The minimum Gasteiger partial charge on any atom is -0.363 e. The minimum atomic E-state index is -0.214. The van der Waals surface area contributed by atoms with Crippen LogP contribution in [-0.4, -0.2) is 41.4 Å². The Hall–Kier alpha value is -1.53. The van der Waals surface area contributed by atoms with Gasteiger partial charge in [0, 0.05) is 19.3 Å². The van der Waals surface area contributed by atoms with Crippen molar-refractivity contribution in [2.75, 3.05) is 25.0 Å². The van der Waals surface area contributed by atoms with Crippen molar-refractivity contribution in [1.29, 1.82) is 0 Å². The number of nitrogens with zero attached hydrogens (tertiary/aromatic N) is 2. The predicted octanol–water partition coefficient (Wildman–Crippen LogP) is -0.206. The van der Waals surface area contributed by atoms with E-state index in [-0.39, 0.29) is 18.1 Å².